The highest BCUT2D eigenvalue weighted by molar-refractivity contribution is 5.94. The quantitative estimate of drug-likeness (QED) is 0.456. The topological polar surface area (TPSA) is 103 Å². The van der Waals surface area contributed by atoms with Crippen molar-refractivity contribution in [3.05, 3.63) is 60.3 Å². The summed E-state index contributed by atoms with van der Waals surface area (Å²) in [5, 5.41) is 16.2. The predicted octanol–water partition coefficient (Wildman–Crippen LogP) is 2.79. The van der Waals surface area contributed by atoms with Gasteiger partial charge in [-0.05, 0) is 42.3 Å². The summed E-state index contributed by atoms with van der Waals surface area (Å²) in [6.07, 6.45) is 2.43. The van der Waals surface area contributed by atoms with Gasteiger partial charge in [-0.25, -0.2) is 0 Å². The minimum absolute atomic E-state index is 0.157. The second-order valence-corrected chi connectivity index (χ2v) is 6.44. The summed E-state index contributed by atoms with van der Waals surface area (Å²) in [5.74, 6) is -0.735. The molecule has 0 saturated carbocycles. The van der Waals surface area contributed by atoms with Gasteiger partial charge in [0.05, 0.1) is 13.5 Å². The van der Waals surface area contributed by atoms with Gasteiger partial charge in [0, 0.05) is 29.3 Å². The second-order valence-electron chi connectivity index (χ2n) is 6.44. The molecule has 0 aliphatic rings. The number of aliphatic carboxylic acids is 1. The average Bonchev–Trinajstić information content (AvgIpc) is 3.11. The van der Waals surface area contributed by atoms with E-state index in [9.17, 15) is 14.7 Å². The third kappa shape index (κ3) is 4.89. The number of fused-ring (bicyclic) bond motifs is 1. The molecule has 0 fully saturated rings. The van der Waals surface area contributed by atoms with Crippen molar-refractivity contribution in [2.75, 3.05) is 19.0 Å². The maximum absolute atomic E-state index is 12.2. The largest absolute Gasteiger partial charge is 0.497 e. The number of carboxylic acids is 1. The molecule has 7 nitrogen and oxygen atoms in total. The molecule has 1 heterocycles. The number of aromatic nitrogens is 1. The van der Waals surface area contributed by atoms with Crippen LogP contribution in [-0.4, -0.2) is 41.7 Å². The molecule has 3 rings (SSSR count). The van der Waals surface area contributed by atoms with E-state index in [-0.39, 0.29) is 12.3 Å². The molecule has 0 saturated heterocycles. The molecule has 3 aromatic rings. The first-order valence-corrected chi connectivity index (χ1v) is 9.02. The fraction of sp³-hybridized carbons (Fsp3) is 0.238. The maximum Gasteiger partial charge on any atom is 0.321 e. The number of carboxylic acid groups (broad SMARTS) is 1. The molecule has 0 unspecified atom stereocenters. The van der Waals surface area contributed by atoms with Crippen LogP contribution in [0, 0.1) is 0 Å². The minimum atomic E-state index is -1.05. The first-order chi connectivity index (χ1) is 13.6. The van der Waals surface area contributed by atoms with Crippen molar-refractivity contribution in [1.82, 2.24) is 10.3 Å². The number of carbonyl (C=O) groups is 2. The van der Waals surface area contributed by atoms with E-state index in [0.29, 0.717) is 24.4 Å². The van der Waals surface area contributed by atoms with E-state index in [0.717, 1.165) is 16.5 Å². The van der Waals surface area contributed by atoms with Gasteiger partial charge >= 0.3 is 5.97 Å². The maximum atomic E-state index is 12.2. The Bertz CT molecular complexity index is 950. The van der Waals surface area contributed by atoms with Crippen LogP contribution >= 0.6 is 0 Å². The summed E-state index contributed by atoms with van der Waals surface area (Å²) in [7, 11) is 1.56. The standard InChI is InChI=1S/C21H23N3O4/c1-28-16-8-6-15(7-9-16)24-20(25)12-19(21(26)27)22-11-10-14-13-23-18-5-3-2-4-17(14)18/h2-9,13,19,22-23H,10-12H2,1H3,(H,24,25)(H,26,27)/t19-/m0/s1. The van der Waals surface area contributed by atoms with Gasteiger partial charge in [-0.1, -0.05) is 18.2 Å². The lowest BCUT2D eigenvalue weighted by atomic mass is 10.1. The Morgan fingerprint density at radius 3 is 2.61 bits per heavy atom. The highest BCUT2D eigenvalue weighted by atomic mass is 16.5. The molecule has 0 spiro atoms. The zero-order chi connectivity index (χ0) is 19.9. The van der Waals surface area contributed by atoms with Gasteiger partial charge in [0.15, 0.2) is 0 Å². The number of ether oxygens (including phenoxy) is 1. The fourth-order valence-corrected chi connectivity index (χ4v) is 3.04. The number of H-pyrrole nitrogens is 1. The number of hydrogen-bond donors (Lipinski definition) is 4. The van der Waals surface area contributed by atoms with Crippen LogP contribution in [0.25, 0.3) is 10.9 Å². The van der Waals surface area contributed by atoms with Crippen molar-refractivity contribution in [3.63, 3.8) is 0 Å². The Hall–Kier alpha value is -3.32. The Labute approximate surface area is 162 Å². The van der Waals surface area contributed by atoms with Crippen LogP contribution in [0.1, 0.15) is 12.0 Å². The van der Waals surface area contributed by atoms with Gasteiger partial charge in [-0.3, -0.25) is 9.59 Å². The van der Waals surface area contributed by atoms with Gasteiger partial charge in [-0.15, -0.1) is 0 Å². The Balaban J connectivity index is 1.52. The number of amides is 1. The highest BCUT2D eigenvalue weighted by Crippen LogP contribution is 2.18. The van der Waals surface area contributed by atoms with E-state index in [2.05, 4.69) is 15.6 Å². The number of methoxy groups -OCH3 is 1. The van der Waals surface area contributed by atoms with Crippen molar-refractivity contribution in [1.29, 1.82) is 0 Å². The van der Waals surface area contributed by atoms with E-state index >= 15 is 0 Å². The number of carbonyl (C=O) groups excluding carboxylic acids is 1. The molecule has 0 aliphatic carbocycles. The highest BCUT2D eigenvalue weighted by Gasteiger charge is 2.20. The van der Waals surface area contributed by atoms with Crippen LogP contribution in [0.4, 0.5) is 5.69 Å². The molecule has 0 aliphatic heterocycles. The van der Waals surface area contributed by atoms with Crippen LogP contribution in [-0.2, 0) is 16.0 Å². The smallest absolute Gasteiger partial charge is 0.321 e. The summed E-state index contributed by atoms with van der Waals surface area (Å²) in [6, 6.07) is 13.9. The predicted molar refractivity (Wildman–Crippen MR) is 108 cm³/mol. The molecular formula is C21H23N3O4. The van der Waals surface area contributed by atoms with Crippen LogP contribution in [0.15, 0.2) is 54.7 Å². The zero-order valence-corrected chi connectivity index (χ0v) is 15.6. The zero-order valence-electron chi connectivity index (χ0n) is 15.6. The van der Waals surface area contributed by atoms with E-state index in [4.69, 9.17) is 4.74 Å². The Kier molecular flexibility index (Phi) is 6.29. The minimum Gasteiger partial charge on any atom is -0.497 e. The third-order valence-corrected chi connectivity index (χ3v) is 4.52. The molecule has 28 heavy (non-hydrogen) atoms. The first-order valence-electron chi connectivity index (χ1n) is 9.02. The van der Waals surface area contributed by atoms with Crippen LogP contribution < -0.4 is 15.4 Å². The molecule has 1 amide bonds. The van der Waals surface area contributed by atoms with Crippen LogP contribution in [0.5, 0.6) is 5.75 Å². The van der Waals surface area contributed by atoms with E-state index in [1.165, 1.54) is 0 Å². The number of aromatic amines is 1. The molecule has 0 bridgehead atoms. The molecule has 1 aromatic heterocycles. The van der Waals surface area contributed by atoms with Crippen molar-refractivity contribution < 1.29 is 19.4 Å². The molecule has 1 atom stereocenters. The van der Waals surface area contributed by atoms with Gasteiger partial charge in [0.1, 0.15) is 11.8 Å². The van der Waals surface area contributed by atoms with Gasteiger partial charge < -0.3 is 25.5 Å². The fourth-order valence-electron chi connectivity index (χ4n) is 3.04. The molecule has 0 radical (unpaired) electrons. The number of rotatable bonds is 9. The summed E-state index contributed by atoms with van der Waals surface area (Å²) < 4.78 is 5.07. The van der Waals surface area contributed by atoms with Gasteiger partial charge in [0.2, 0.25) is 5.91 Å². The number of hydrogen-bond acceptors (Lipinski definition) is 4. The number of anilines is 1. The van der Waals surface area contributed by atoms with Crippen molar-refractivity contribution in [2.24, 2.45) is 0 Å². The van der Waals surface area contributed by atoms with Crippen molar-refractivity contribution >= 4 is 28.5 Å². The Morgan fingerprint density at radius 1 is 1.14 bits per heavy atom. The lowest BCUT2D eigenvalue weighted by Gasteiger charge is -2.14. The molecule has 2 aromatic carbocycles. The van der Waals surface area contributed by atoms with E-state index in [1.54, 1.807) is 31.4 Å². The van der Waals surface area contributed by atoms with E-state index < -0.39 is 12.0 Å². The Morgan fingerprint density at radius 2 is 1.89 bits per heavy atom. The summed E-state index contributed by atoms with van der Waals surface area (Å²) >= 11 is 0. The second kappa shape index (κ2) is 9.05. The van der Waals surface area contributed by atoms with Crippen LogP contribution in [0.2, 0.25) is 0 Å². The molecular weight excluding hydrogens is 358 g/mol. The summed E-state index contributed by atoms with van der Waals surface area (Å²) in [4.78, 5) is 26.9. The van der Waals surface area contributed by atoms with Crippen LogP contribution in [0.3, 0.4) is 0 Å². The van der Waals surface area contributed by atoms with Gasteiger partial charge in [0.25, 0.3) is 0 Å². The number of nitrogens with one attached hydrogen (secondary N) is 3. The van der Waals surface area contributed by atoms with E-state index in [1.807, 2.05) is 30.5 Å². The lowest BCUT2D eigenvalue weighted by Crippen LogP contribution is -2.40. The monoisotopic (exact) mass is 381 g/mol. The molecule has 4 N–H and O–H groups in total. The summed E-state index contributed by atoms with van der Waals surface area (Å²) in [6.45, 7) is 0.453. The van der Waals surface area contributed by atoms with Crippen molar-refractivity contribution in [2.45, 2.75) is 18.9 Å². The SMILES string of the molecule is COc1ccc(NC(=O)C[C@H](NCCc2c[nH]c3ccccc23)C(=O)O)cc1. The lowest BCUT2D eigenvalue weighted by molar-refractivity contribution is -0.141. The average molecular weight is 381 g/mol. The summed E-state index contributed by atoms with van der Waals surface area (Å²) in [5.41, 5.74) is 2.75. The molecule has 146 valence electrons. The number of para-hydroxylation sites is 1. The molecule has 7 heteroatoms. The van der Waals surface area contributed by atoms with Gasteiger partial charge in [-0.2, -0.15) is 0 Å². The normalized spacial score (nSPS) is 11.9. The van der Waals surface area contributed by atoms with Crippen molar-refractivity contribution in [3.8, 4) is 5.75 Å². The first kappa shape index (κ1) is 19.4. The number of benzene rings is 2. The third-order valence-electron chi connectivity index (χ3n) is 4.52.